The van der Waals surface area contributed by atoms with E-state index >= 15 is 0 Å². The molecule has 3 heteroatoms. The minimum Gasteiger partial charge on any atom is -0.489 e. The van der Waals surface area contributed by atoms with Gasteiger partial charge in [0.2, 0.25) is 0 Å². The third-order valence-corrected chi connectivity index (χ3v) is 4.01. The number of ether oxygens (including phenoxy) is 1. The molecule has 0 aromatic heterocycles. The van der Waals surface area contributed by atoms with Crippen molar-refractivity contribution in [2.75, 3.05) is 6.61 Å². The van der Waals surface area contributed by atoms with Crippen molar-refractivity contribution in [2.45, 2.75) is 51.6 Å². The first-order valence-electron chi connectivity index (χ1n) is 7.78. The van der Waals surface area contributed by atoms with Crippen molar-refractivity contribution < 1.29 is 14.2 Å². The molecule has 2 nitrogen and oxygen atoms in total. The van der Waals surface area contributed by atoms with Gasteiger partial charge in [0.1, 0.15) is 11.6 Å². The van der Waals surface area contributed by atoms with Crippen LogP contribution < -0.4 is 4.74 Å². The van der Waals surface area contributed by atoms with E-state index in [9.17, 15) is 4.39 Å². The van der Waals surface area contributed by atoms with Crippen LogP contribution in [0, 0.1) is 23.6 Å². The zero-order valence-electron chi connectivity index (χ0n) is 12.6. The predicted molar refractivity (Wildman–Crippen MR) is 81.6 cm³/mol. The highest BCUT2D eigenvalue weighted by molar-refractivity contribution is 5.46. The third kappa shape index (κ3) is 4.75. The Morgan fingerprint density at radius 1 is 1.38 bits per heavy atom. The fourth-order valence-electron chi connectivity index (χ4n) is 2.82. The molecular formula is C18H23FO2. The topological polar surface area (TPSA) is 29.5 Å². The van der Waals surface area contributed by atoms with Crippen LogP contribution in [0.1, 0.15) is 51.0 Å². The normalized spacial score (nSPS) is 21.5. The molecular weight excluding hydrogens is 267 g/mol. The predicted octanol–water partition coefficient (Wildman–Crippen LogP) is 3.91. The van der Waals surface area contributed by atoms with Gasteiger partial charge in [-0.3, -0.25) is 0 Å². The van der Waals surface area contributed by atoms with Crippen LogP contribution in [0.3, 0.4) is 0 Å². The Hall–Kier alpha value is -1.53. The molecule has 0 amide bonds. The maximum absolute atomic E-state index is 13.4. The number of aliphatic hydroxyl groups is 1. The molecule has 1 N–H and O–H groups in total. The molecule has 2 unspecified atom stereocenters. The van der Waals surface area contributed by atoms with Crippen LogP contribution in [0.25, 0.3) is 0 Å². The molecule has 1 aliphatic rings. The second-order valence-electron chi connectivity index (χ2n) is 5.60. The number of aliphatic hydroxyl groups excluding tert-OH is 1. The van der Waals surface area contributed by atoms with Gasteiger partial charge in [-0.1, -0.05) is 31.6 Å². The summed E-state index contributed by atoms with van der Waals surface area (Å²) in [5.74, 6) is 6.80. The molecule has 2 rings (SSSR count). The molecule has 1 aromatic rings. The first kappa shape index (κ1) is 15.9. The van der Waals surface area contributed by atoms with Crippen LogP contribution >= 0.6 is 0 Å². The van der Waals surface area contributed by atoms with Gasteiger partial charge in [0.05, 0.1) is 18.3 Å². The summed E-state index contributed by atoms with van der Waals surface area (Å²) < 4.78 is 19.5. The Bertz CT molecular complexity index is 516. The standard InChI is InChI=1S/C18H23FO2/c1-2-14-6-5-8-17(12-14)21-18-10-9-16(19)13-15(18)7-3-4-11-20/h9-10,13-14,17,20H,2,4-6,8,11-12H2,1H3. The molecule has 0 spiro atoms. The highest BCUT2D eigenvalue weighted by Gasteiger charge is 2.22. The lowest BCUT2D eigenvalue weighted by atomic mass is 9.85. The van der Waals surface area contributed by atoms with Crippen LogP contribution in [0.5, 0.6) is 5.75 Å². The van der Waals surface area contributed by atoms with Crippen LogP contribution in [0.4, 0.5) is 4.39 Å². The monoisotopic (exact) mass is 290 g/mol. The number of hydrogen-bond acceptors (Lipinski definition) is 2. The molecule has 21 heavy (non-hydrogen) atoms. The summed E-state index contributed by atoms with van der Waals surface area (Å²) >= 11 is 0. The van der Waals surface area contributed by atoms with Gasteiger partial charge in [-0.2, -0.15) is 0 Å². The van der Waals surface area contributed by atoms with Gasteiger partial charge in [-0.05, 0) is 43.4 Å². The van der Waals surface area contributed by atoms with E-state index in [0.717, 1.165) is 18.8 Å². The zero-order chi connectivity index (χ0) is 15.1. The van der Waals surface area contributed by atoms with Gasteiger partial charge >= 0.3 is 0 Å². The molecule has 1 saturated carbocycles. The Morgan fingerprint density at radius 2 is 2.24 bits per heavy atom. The number of halogens is 1. The second-order valence-corrected chi connectivity index (χ2v) is 5.60. The highest BCUT2D eigenvalue weighted by Crippen LogP contribution is 2.30. The maximum Gasteiger partial charge on any atom is 0.135 e. The molecule has 0 bridgehead atoms. The molecule has 114 valence electrons. The van der Waals surface area contributed by atoms with Crippen molar-refractivity contribution in [3.8, 4) is 17.6 Å². The van der Waals surface area contributed by atoms with Crippen LogP contribution in [0.2, 0.25) is 0 Å². The van der Waals surface area contributed by atoms with E-state index in [2.05, 4.69) is 18.8 Å². The molecule has 2 atom stereocenters. The summed E-state index contributed by atoms with van der Waals surface area (Å²) in [6.45, 7) is 2.23. The summed E-state index contributed by atoms with van der Waals surface area (Å²) in [7, 11) is 0. The first-order valence-corrected chi connectivity index (χ1v) is 7.78. The Labute approximate surface area is 126 Å². The van der Waals surface area contributed by atoms with E-state index in [1.165, 1.54) is 31.4 Å². The van der Waals surface area contributed by atoms with Crippen molar-refractivity contribution in [2.24, 2.45) is 5.92 Å². The van der Waals surface area contributed by atoms with Crippen molar-refractivity contribution in [3.05, 3.63) is 29.6 Å². The van der Waals surface area contributed by atoms with Gasteiger partial charge < -0.3 is 9.84 Å². The minimum absolute atomic E-state index is 0.0132. The summed E-state index contributed by atoms with van der Waals surface area (Å²) in [4.78, 5) is 0. The van der Waals surface area contributed by atoms with Crippen molar-refractivity contribution >= 4 is 0 Å². The van der Waals surface area contributed by atoms with Crippen LogP contribution in [0.15, 0.2) is 18.2 Å². The third-order valence-electron chi connectivity index (χ3n) is 4.01. The molecule has 0 saturated heterocycles. The number of benzene rings is 1. The average Bonchev–Trinajstić information content (AvgIpc) is 2.50. The molecule has 0 aliphatic heterocycles. The summed E-state index contributed by atoms with van der Waals surface area (Å²) in [6, 6.07) is 4.47. The van der Waals surface area contributed by atoms with Crippen molar-refractivity contribution in [3.63, 3.8) is 0 Å². The van der Waals surface area contributed by atoms with Gasteiger partial charge in [0.25, 0.3) is 0 Å². The largest absolute Gasteiger partial charge is 0.489 e. The summed E-state index contributed by atoms with van der Waals surface area (Å²) in [5, 5.41) is 8.78. The van der Waals surface area contributed by atoms with E-state index in [4.69, 9.17) is 9.84 Å². The van der Waals surface area contributed by atoms with Crippen molar-refractivity contribution in [1.82, 2.24) is 0 Å². The second kappa shape index (κ2) is 8.05. The molecule has 1 aliphatic carbocycles. The van der Waals surface area contributed by atoms with Gasteiger partial charge in [-0.15, -0.1) is 0 Å². The maximum atomic E-state index is 13.4. The minimum atomic E-state index is -0.314. The SMILES string of the molecule is CCC1CCCC(Oc2ccc(F)cc2C#CCCO)C1. The Kier molecular flexibility index (Phi) is 6.07. The molecule has 0 heterocycles. The van der Waals surface area contributed by atoms with E-state index in [0.29, 0.717) is 17.7 Å². The van der Waals surface area contributed by atoms with Gasteiger partial charge in [0, 0.05) is 6.42 Å². The van der Waals surface area contributed by atoms with E-state index in [1.807, 2.05) is 0 Å². The Balaban J connectivity index is 2.10. The summed E-state index contributed by atoms with van der Waals surface area (Å²) in [5.41, 5.74) is 0.571. The van der Waals surface area contributed by atoms with E-state index < -0.39 is 0 Å². The highest BCUT2D eigenvalue weighted by atomic mass is 19.1. The van der Waals surface area contributed by atoms with E-state index in [1.54, 1.807) is 6.07 Å². The lowest BCUT2D eigenvalue weighted by molar-refractivity contribution is 0.121. The zero-order valence-corrected chi connectivity index (χ0v) is 12.6. The average molecular weight is 290 g/mol. The lowest BCUT2D eigenvalue weighted by Gasteiger charge is -2.29. The van der Waals surface area contributed by atoms with Crippen LogP contribution in [-0.4, -0.2) is 17.8 Å². The lowest BCUT2D eigenvalue weighted by Crippen LogP contribution is -2.25. The number of hydrogen-bond donors (Lipinski definition) is 1. The summed E-state index contributed by atoms with van der Waals surface area (Å²) in [6.07, 6.45) is 6.37. The Morgan fingerprint density at radius 3 is 3.00 bits per heavy atom. The smallest absolute Gasteiger partial charge is 0.135 e. The fraction of sp³-hybridized carbons (Fsp3) is 0.556. The first-order chi connectivity index (χ1) is 10.2. The molecule has 1 fully saturated rings. The van der Waals surface area contributed by atoms with Gasteiger partial charge in [0.15, 0.2) is 0 Å². The molecule has 0 radical (unpaired) electrons. The fourth-order valence-corrected chi connectivity index (χ4v) is 2.82. The number of rotatable bonds is 4. The van der Waals surface area contributed by atoms with Crippen LogP contribution in [-0.2, 0) is 0 Å². The van der Waals surface area contributed by atoms with E-state index in [-0.39, 0.29) is 18.5 Å². The quantitative estimate of drug-likeness (QED) is 0.852. The van der Waals surface area contributed by atoms with Gasteiger partial charge in [-0.25, -0.2) is 4.39 Å². The molecule has 1 aromatic carbocycles. The van der Waals surface area contributed by atoms with Crippen molar-refractivity contribution in [1.29, 1.82) is 0 Å².